The number of hydrogen-bond acceptors (Lipinski definition) is 4. The third-order valence-electron chi connectivity index (χ3n) is 2.58. The van der Waals surface area contributed by atoms with Crippen LogP contribution in [0.2, 0.25) is 0 Å². The molecule has 0 atom stereocenters. The summed E-state index contributed by atoms with van der Waals surface area (Å²) in [6.45, 7) is 2.30. The molecule has 1 N–H and O–H groups in total. The van der Waals surface area contributed by atoms with Crippen LogP contribution < -0.4 is 4.74 Å². The van der Waals surface area contributed by atoms with Gasteiger partial charge in [-0.05, 0) is 12.5 Å². The van der Waals surface area contributed by atoms with Crippen LogP contribution in [0.3, 0.4) is 0 Å². The highest BCUT2D eigenvalue weighted by Gasteiger charge is 2.09. The molecule has 3 aromatic rings. The maximum Gasteiger partial charge on any atom is 0.243 e. The maximum absolute atomic E-state index is 5.72. The van der Waals surface area contributed by atoms with Crippen molar-refractivity contribution in [2.24, 2.45) is 0 Å². The highest BCUT2D eigenvalue weighted by atomic mass is 16.5. The molecule has 0 saturated heterocycles. The number of nitrogens with zero attached hydrogens (tertiary/aromatic N) is 3. The molecule has 1 aromatic carbocycles. The van der Waals surface area contributed by atoms with Crippen LogP contribution in [0.5, 0.6) is 5.88 Å². The van der Waals surface area contributed by atoms with Crippen molar-refractivity contribution >= 4 is 11.2 Å². The summed E-state index contributed by atoms with van der Waals surface area (Å²) in [5, 5.41) is 0. The van der Waals surface area contributed by atoms with E-state index >= 15 is 0 Å². The Morgan fingerprint density at radius 3 is 2.83 bits per heavy atom. The van der Waals surface area contributed by atoms with E-state index in [1.807, 2.05) is 37.3 Å². The van der Waals surface area contributed by atoms with Gasteiger partial charge in [0.05, 0.1) is 6.33 Å². The Kier molecular flexibility index (Phi) is 2.64. The highest BCUT2D eigenvalue weighted by molar-refractivity contribution is 5.75. The normalized spacial score (nSPS) is 10.7. The Hall–Kier alpha value is -2.43. The predicted molar refractivity (Wildman–Crippen MR) is 67.2 cm³/mol. The van der Waals surface area contributed by atoms with Crippen LogP contribution in [0.25, 0.3) is 11.2 Å². The van der Waals surface area contributed by atoms with Gasteiger partial charge in [-0.1, -0.05) is 30.3 Å². The molecule has 0 bridgehead atoms. The predicted octanol–water partition coefficient (Wildman–Crippen LogP) is 2.24. The number of benzene rings is 1. The van der Waals surface area contributed by atoms with Gasteiger partial charge in [0.25, 0.3) is 0 Å². The molecular formula is C13H12N4O. The Balaban J connectivity index is 1.88. The molecular weight excluding hydrogens is 228 g/mol. The minimum absolute atomic E-state index is 0.478. The first-order valence-corrected chi connectivity index (χ1v) is 5.67. The van der Waals surface area contributed by atoms with Crippen LogP contribution in [0.4, 0.5) is 0 Å². The number of ether oxygens (including phenoxy) is 1. The van der Waals surface area contributed by atoms with Crippen LogP contribution in [-0.2, 0) is 6.61 Å². The van der Waals surface area contributed by atoms with Crippen molar-refractivity contribution < 1.29 is 4.74 Å². The monoisotopic (exact) mass is 240 g/mol. The number of aromatic amines is 1. The number of fused-ring (bicyclic) bond motifs is 1. The third-order valence-corrected chi connectivity index (χ3v) is 2.58. The van der Waals surface area contributed by atoms with E-state index in [2.05, 4.69) is 19.9 Å². The quantitative estimate of drug-likeness (QED) is 0.762. The van der Waals surface area contributed by atoms with Gasteiger partial charge in [-0.15, -0.1) is 0 Å². The summed E-state index contributed by atoms with van der Waals surface area (Å²) in [5.41, 5.74) is 2.46. The van der Waals surface area contributed by atoms with Gasteiger partial charge in [0, 0.05) is 0 Å². The molecule has 0 amide bonds. The molecule has 0 fully saturated rings. The topological polar surface area (TPSA) is 63.7 Å². The van der Waals surface area contributed by atoms with Crippen molar-refractivity contribution in [2.45, 2.75) is 13.5 Å². The van der Waals surface area contributed by atoms with E-state index in [-0.39, 0.29) is 0 Å². The van der Waals surface area contributed by atoms with Gasteiger partial charge in [0.15, 0.2) is 5.65 Å². The molecule has 0 aliphatic rings. The zero-order valence-corrected chi connectivity index (χ0v) is 9.92. The number of aromatic nitrogens is 4. The summed E-state index contributed by atoms with van der Waals surface area (Å²) in [6.07, 6.45) is 1.59. The lowest BCUT2D eigenvalue weighted by Gasteiger charge is -2.06. The van der Waals surface area contributed by atoms with Crippen LogP contribution in [0.15, 0.2) is 36.7 Å². The second-order valence-electron chi connectivity index (χ2n) is 3.95. The molecule has 5 nitrogen and oxygen atoms in total. The molecule has 0 spiro atoms. The van der Waals surface area contributed by atoms with E-state index in [1.54, 1.807) is 6.33 Å². The second kappa shape index (κ2) is 4.44. The summed E-state index contributed by atoms with van der Waals surface area (Å²) in [7, 11) is 0. The molecule has 0 radical (unpaired) electrons. The van der Waals surface area contributed by atoms with E-state index < -0.39 is 0 Å². The molecule has 18 heavy (non-hydrogen) atoms. The zero-order chi connectivity index (χ0) is 12.4. The number of imidazole rings is 1. The standard InChI is InChI=1S/C13H12N4O/c1-9-16-12-11(14-8-15-12)13(17-9)18-7-10-5-3-2-4-6-10/h2-6,8H,7H2,1H3,(H,14,15,16,17). The fraction of sp³-hybridized carbons (Fsp3) is 0.154. The van der Waals surface area contributed by atoms with Gasteiger partial charge in [-0.25, -0.2) is 9.97 Å². The molecule has 3 rings (SSSR count). The van der Waals surface area contributed by atoms with E-state index in [9.17, 15) is 0 Å². The summed E-state index contributed by atoms with van der Waals surface area (Å²) >= 11 is 0. The van der Waals surface area contributed by atoms with E-state index in [1.165, 1.54) is 0 Å². The van der Waals surface area contributed by atoms with Crippen molar-refractivity contribution in [2.75, 3.05) is 0 Å². The summed E-state index contributed by atoms with van der Waals surface area (Å²) in [6, 6.07) is 9.97. The number of aryl methyl sites for hydroxylation is 1. The molecule has 5 heteroatoms. The largest absolute Gasteiger partial charge is 0.471 e. The Morgan fingerprint density at radius 2 is 2.00 bits per heavy atom. The van der Waals surface area contributed by atoms with Gasteiger partial charge in [0.1, 0.15) is 17.9 Å². The lowest BCUT2D eigenvalue weighted by molar-refractivity contribution is 0.296. The average Bonchev–Trinajstić information content (AvgIpc) is 2.85. The lowest BCUT2D eigenvalue weighted by Crippen LogP contribution is -2.00. The van der Waals surface area contributed by atoms with Crippen molar-refractivity contribution in [3.05, 3.63) is 48.0 Å². The van der Waals surface area contributed by atoms with Gasteiger partial charge in [-0.3, -0.25) is 0 Å². The SMILES string of the molecule is Cc1nc(OCc2ccccc2)c2[nH]cnc2n1. The summed E-state index contributed by atoms with van der Waals surface area (Å²) in [5.74, 6) is 1.19. The number of rotatable bonds is 3. The van der Waals surface area contributed by atoms with Crippen LogP contribution in [0, 0.1) is 6.92 Å². The van der Waals surface area contributed by atoms with Crippen molar-refractivity contribution in [1.29, 1.82) is 0 Å². The minimum atomic E-state index is 0.478. The summed E-state index contributed by atoms with van der Waals surface area (Å²) in [4.78, 5) is 15.6. The fourth-order valence-electron chi connectivity index (χ4n) is 1.74. The Morgan fingerprint density at radius 1 is 1.17 bits per heavy atom. The van der Waals surface area contributed by atoms with Crippen LogP contribution >= 0.6 is 0 Å². The van der Waals surface area contributed by atoms with E-state index in [0.717, 1.165) is 11.1 Å². The first-order valence-electron chi connectivity index (χ1n) is 5.67. The maximum atomic E-state index is 5.72. The molecule has 0 aliphatic heterocycles. The van der Waals surface area contributed by atoms with Crippen molar-refractivity contribution in [3.63, 3.8) is 0 Å². The third kappa shape index (κ3) is 2.02. The van der Waals surface area contributed by atoms with Gasteiger partial charge < -0.3 is 9.72 Å². The van der Waals surface area contributed by atoms with Gasteiger partial charge in [0.2, 0.25) is 5.88 Å². The molecule has 0 saturated carbocycles. The van der Waals surface area contributed by atoms with Crippen LogP contribution in [-0.4, -0.2) is 19.9 Å². The zero-order valence-electron chi connectivity index (χ0n) is 9.92. The fourth-order valence-corrected chi connectivity index (χ4v) is 1.74. The van der Waals surface area contributed by atoms with Crippen LogP contribution in [0.1, 0.15) is 11.4 Å². The number of H-pyrrole nitrogens is 1. The Bertz CT molecular complexity index is 663. The first-order chi connectivity index (χ1) is 8.83. The molecule has 0 aliphatic carbocycles. The minimum Gasteiger partial charge on any atom is -0.471 e. The van der Waals surface area contributed by atoms with Gasteiger partial charge >= 0.3 is 0 Å². The van der Waals surface area contributed by atoms with Crippen molar-refractivity contribution in [3.8, 4) is 5.88 Å². The van der Waals surface area contributed by atoms with E-state index in [4.69, 9.17) is 4.74 Å². The van der Waals surface area contributed by atoms with Crippen molar-refractivity contribution in [1.82, 2.24) is 19.9 Å². The number of nitrogens with one attached hydrogen (secondary N) is 1. The molecule has 0 unspecified atom stereocenters. The Labute approximate surface area is 104 Å². The first kappa shape index (κ1) is 10.7. The molecule has 90 valence electrons. The molecule has 2 aromatic heterocycles. The lowest BCUT2D eigenvalue weighted by atomic mass is 10.2. The average molecular weight is 240 g/mol. The smallest absolute Gasteiger partial charge is 0.243 e. The van der Waals surface area contributed by atoms with Gasteiger partial charge in [-0.2, -0.15) is 4.98 Å². The number of hydrogen-bond donors (Lipinski definition) is 1. The molecule has 2 heterocycles. The highest BCUT2D eigenvalue weighted by Crippen LogP contribution is 2.19. The van der Waals surface area contributed by atoms with E-state index in [0.29, 0.717) is 24.0 Å². The summed E-state index contributed by atoms with van der Waals surface area (Å²) < 4.78 is 5.72. The second-order valence-corrected chi connectivity index (χ2v) is 3.95.